The molecule has 0 radical (unpaired) electrons. The second kappa shape index (κ2) is 15.6. The molecule has 3 N–H and O–H groups in total. The van der Waals surface area contributed by atoms with Crippen molar-refractivity contribution in [3.63, 3.8) is 0 Å². The van der Waals surface area contributed by atoms with Gasteiger partial charge in [0.05, 0.1) is 0 Å². The summed E-state index contributed by atoms with van der Waals surface area (Å²) in [7, 11) is 2.01. The van der Waals surface area contributed by atoms with E-state index in [-0.39, 0.29) is 31.1 Å². The van der Waals surface area contributed by atoms with Crippen LogP contribution in [0.1, 0.15) is 36.0 Å². The van der Waals surface area contributed by atoms with Crippen molar-refractivity contribution in [2.24, 2.45) is 5.73 Å². The van der Waals surface area contributed by atoms with Gasteiger partial charge in [0.2, 0.25) is 17.7 Å². The molecule has 9 heteroatoms. The molecule has 3 aromatic rings. The van der Waals surface area contributed by atoms with E-state index in [1.165, 1.54) is 0 Å². The number of nitrogens with zero attached hydrogens (tertiary/aromatic N) is 2. The Kier molecular flexibility index (Phi) is 11.3. The Morgan fingerprint density at radius 2 is 1.45 bits per heavy atom. The highest BCUT2D eigenvalue weighted by atomic mass is 16.5. The summed E-state index contributed by atoms with van der Waals surface area (Å²) in [6.07, 6.45) is 0.743. The molecule has 3 amide bonds. The average molecular weight is 573 g/mol. The molecule has 4 rings (SSSR count). The summed E-state index contributed by atoms with van der Waals surface area (Å²) in [5.41, 5.74) is 8.29. The molecular formula is C33H40N4O5. The Morgan fingerprint density at radius 3 is 2.07 bits per heavy atom. The summed E-state index contributed by atoms with van der Waals surface area (Å²) in [4.78, 5) is 41.6. The number of carbonyl (C=O) groups is 3. The van der Waals surface area contributed by atoms with E-state index < -0.39 is 11.9 Å². The summed E-state index contributed by atoms with van der Waals surface area (Å²) >= 11 is 0. The minimum atomic E-state index is -0.795. The van der Waals surface area contributed by atoms with Gasteiger partial charge < -0.3 is 30.3 Å². The van der Waals surface area contributed by atoms with Crippen molar-refractivity contribution in [1.82, 2.24) is 15.1 Å². The van der Waals surface area contributed by atoms with Gasteiger partial charge in [0.1, 0.15) is 30.8 Å². The van der Waals surface area contributed by atoms with E-state index in [4.69, 9.17) is 15.2 Å². The number of ether oxygens (including phenoxy) is 2. The van der Waals surface area contributed by atoms with Crippen LogP contribution in [-0.2, 0) is 34.0 Å². The molecule has 0 aromatic heterocycles. The monoisotopic (exact) mass is 572 g/mol. The summed E-state index contributed by atoms with van der Waals surface area (Å²) in [6, 6.07) is 24.6. The van der Waals surface area contributed by atoms with Gasteiger partial charge in [0.25, 0.3) is 0 Å². The molecule has 0 bridgehead atoms. The Bertz CT molecular complexity index is 1310. The maximum atomic E-state index is 13.2. The SMILES string of the molecule is CN1CCN(C(=O)[C@H](CCC(N)=O)NC(=O)CCc2ccc(OCc3ccccc3)cc2OCc2ccccc2)CC1. The zero-order valence-electron chi connectivity index (χ0n) is 24.2. The second-order valence-corrected chi connectivity index (χ2v) is 10.6. The normalized spacial score (nSPS) is 14.2. The van der Waals surface area contributed by atoms with Crippen molar-refractivity contribution in [3.05, 3.63) is 95.6 Å². The van der Waals surface area contributed by atoms with Crippen LogP contribution < -0.4 is 20.5 Å². The number of carbonyl (C=O) groups excluding carboxylic acids is 3. The first kappa shape index (κ1) is 30.6. The lowest BCUT2D eigenvalue weighted by molar-refractivity contribution is -0.138. The van der Waals surface area contributed by atoms with E-state index in [2.05, 4.69) is 10.2 Å². The highest BCUT2D eigenvalue weighted by Gasteiger charge is 2.28. The number of primary amides is 1. The molecule has 1 aliphatic heterocycles. The number of rotatable bonds is 14. The smallest absolute Gasteiger partial charge is 0.245 e. The van der Waals surface area contributed by atoms with Crippen molar-refractivity contribution in [2.75, 3.05) is 33.2 Å². The summed E-state index contributed by atoms with van der Waals surface area (Å²) in [5.74, 6) is 0.348. The van der Waals surface area contributed by atoms with Crippen molar-refractivity contribution < 1.29 is 23.9 Å². The van der Waals surface area contributed by atoms with Crippen LogP contribution in [-0.4, -0.2) is 66.8 Å². The summed E-state index contributed by atoms with van der Waals surface area (Å²) in [6.45, 7) is 3.49. The van der Waals surface area contributed by atoms with Gasteiger partial charge >= 0.3 is 0 Å². The number of benzene rings is 3. The lowest BCUT2D eigenvalue weighted by Crippen LogP contribution is -2.54. The van der Waals surface area contributed by atoms with E-state index >= 15 is 0 Å². The van der Waals surface area contributed by atoms with Gasteiger partial charge in [0.15, 0.2) is 0 Å². The third-order valence-corrected chi connectivity index (χ3v) is 7.27. The van der Waals surface area contributed by atoms with E-state index in [9.17, 15) is 14.4 Å². The largest absolute Gasteiger partial charge is 0.489 e. The first-order chi connectivity index (χ1) is 20.4. The van der Waals surface area contributed by atoms with Crippen LogP contribution in [0.25, 0.3) is 0 Å². The fourth-order valence-electron chi connectivity index (χ4n) is 4.75. The van der Waals surface area contributed by atoms with Gasteiger partial charge in [-0.15, -0.1) is 0 Å². The number of amides is 3. The highest BCUT2D eigenvalue weighted by Crippen LogP contribution is 2.28. The number of aryl methyl sites for hydroxylation is 1. The number of piperazine rings is 1. The summed E-state index contributed by atoms with van der Waals surface area (Å²) < 4.78 is 12.2. The number of hydrogen-bond acceptors (Lipinski definition) is 6. The standard InChI is InChI=1S/C33H40N4O5/c1-36-18-20-37(21-19-36)33(40)29(15-16-31(34)38)35-32(39)17-13-27-12-14-28(41-23-25-8-4-2-5-9-25)22-30(27)42-24-26-10-6-3-7-11-26/h2-12,14,22,29H,13,15-21,23-24H2,1H3,(H2,34,38)(H,35,39)/t29-/m0/s1. The van der Waals surface area contributed by atoms with Gasteiger partial charge in [-0.05, 0) is 42.6 Å². The molecule has 0 saturated carbocycles. The lowest BCUT2D eigenvalue weighted by Gasteiger charge is -2.34. The van der Waals surface area contributed by atoms with Gasteiger partial charge in [-0.25, -0.2) is 0 Å². The molecule has 1 fully saturated rings. The Morgan fingerprint density at radius 1 is 0.833 bits per heavy atom. The van der Waals surface area contributed by atoms with Crippen LogP contribution in [0.15, 0.2) is 78.9 Å². The minimum absolute atomic E-state index is 0.0202. The van der Waals surface area contributed by atoms with E-state index in [1.54, 1.807) is 4.90 Å². The maximum Gasteiger partial charge on any atom is 0.245 e. The molecule has 0 unspecified atom stereocenters. The number of hydrogen-bond donors (Lipinski definition) is 2. The van der Waals surface area contributed by atoms with Crippen LogP contribution >= 0.6 is 0 Å². The molecule has 3 aromatic carbocycles. The molecule has 42 heavy (non-hydrogen) atoms. The molecule has 1 atom stereocenters. The van der Waals surface area contributed by atoms with Crippen LogP contribution in [0.3, 0.4) is 0 Å². The first-order valence-corrected chi connectivity index (χ1v) is 14.4. The van der Waals surface area contributed by atoms with Crippen molar-refractivity contribution in [1.29, 1.82) is 0 Å². The maximum absolute atomic E-state index is 13.2. The predicted molar refractivity (Wildman–Crippen MR) is 161 cm³/mol. The minimum Gasteiger partial charge on any atom is -0.489 e. The fourth-order valence-corrected chi connectivity index (χ4v) is 4.75. The second-order valence-electron chi connectivity index (χ2n) is 10.6. The topological polar surface area (TPSA) is 114 Å². The van der Waals surface area contributed by atoms with E-state index in [0.29, 0.717) is 44.2 Å². The van der Waals surface area contributed by atoms with Gasteiger partial charge in [0, 0.05) is 45.1 Å². The molecule has 1 heterocycles. The van der Waals surface area contributed by atoms with Gasteiger partial charge in [-0.1, -0.05) is 66.7 Å². The van der Waals surface area contributed by atoms with E-state index in [1.807, 2.05) is 85.9 Å². The third-order valence-electron chi connectivity index (χ3n) is 7.27. The van der Waals surface area contributed by atoms with Gasteiger partial charge in [-0.3, -0.25) is 14.4 Å². The predicted octanol–water partition coefficient (Wildman–Crippen LogP) is 3.30. The Hall–Kier alpha value is -4.37. The zero-order valence-corrected chi connectivity index (χ0v) is 24.2. The lowest BCUT2D eigenvalue weighted by atomic mass is 10.1. The molecular weight excluding hydrogens is 532 g/mol. The third kappa shape index (κ3) is 9.62. The van der Waals surface area contributed by atoms with Crippen molar-refractivity contribution in [2.45, 2.75) is 44.9 Å². The molecule has 1 aliphatic rings. The summed E-state index contributed by atoms with van der Waals surface area (Å²) in [5, 5.41) is 2.86. The first-order valence-electron chi connectivity index (χ1n) is 14.4. The quantitative estimate of drug-likeness (QED) is 0.307. The number of nitrogens with one attached hydrogen (secondary N) is 1. The number of likely N-dealkylation sites (N-methyl/N-ethyl adjacent to an activating group) is 1. The van der Waals surface area contributed by atoms with Gasteiger partial charge in [-0.2, -0.15) is 0 Å². The van der Waals surface area contributed by atoms with Crippen molar-refractivity contribution in [3.8, 4) is 11.5 Å². The molecule has 0 aliphatic carbocycles. The molecule has 9 nitrogen and oxygen atoms in total. The zero-order chi connectivity index (χ0) is 29.7. The van der Waals surface area contributed by atoms with Crippen molar-refractivity contribution >= 4 is 17.7 Å². The highest BCUT2D eigenvalue weighted by molar-refractivity contribution is 5.88. The van der Waals surface area contributed by atoms with Crippen LogP contribution in [0.2, 0.25) is 0 Å². The van der Waals surface area contributed by atoms with Crippen LogP contribution in [0.5, 0.6) is 11.5 Å². The van der Waals surface area contributed by atoms with E-state index in [0.717, 1.165) is 29.8 Å². The fraction of sp³-hybridized carbons (Fsp3) is 0.364. The van der Waals surface area contributed by atoms with Crippen LogP contribution in [0.4, 0.5) is 0 Å². The van der Waals surface area contributed by atoms with Crippen LogP contribution in [0, 0.1) is 0 Å². The molecule has 0 spiro atoms. The molecule has 222 valence electrons. The number of nitrogens with two attached hydrogens (primary N) is 1. The molecule has 1 saturated heterocycles. The Labute approximate surface area is 247 Å². The average Bonchev–Trinajstić information content (AvgIpc) is 3.01. The Balaban J connectivity index is 1.41.